The van der Waals surface area contributed by atoms with Crippen LogP contribution in [0.15, 0.2) is 0 Å². The van der Waals surface area contributed by atoms with Gasteiger partial charge in [0.2, 0.25) is 11.8 Å². The van der Waals surface area contributed by atoms with Crippen LogP contribution in [0.4, 0.5) is 0 Å². The number of hydrogen-bond donors (Lipinski definition) is 3. The first-order chi connectivity index (χ1) is 8.96. The van der Waals surface area contributed by atoms with Crippen molar-refractivity contribution in [3.05, 3.63) is 0 Å². The highest BCUT2D eigenvalue weighted by atomic mass is 16.4. The van der Waals surface area contributed by atoms with Gasteiger partial charge in [-0.1, -0.05) is 34.6 Å². The molecule has 0 spiro atoms. The predicted molar refractivity (Wildman–Crippen MR) is 76.0 cm³/mol. The minimum atomic E-state index is -1.19. The summed E-state index contributed by atoms with van der Waals surface area (Å²) in [5.41, 5.74) is -0.718. The number of carbonyl (C=O) groups excluding carboxylic acids is 2. The van der Waals surface area contributed by atoms with Gasteiger partial charge < -0.3 is 15.7 Å². The third-order valence-corrected chi connectivity index (χ3v) is 2.81. The molecule has 0 fully saturated rings. The molecule has 0 aliphatic carbocycles. The molecular weight excluding hydrogens is 260 g/mol. The smallest absolute Gasteiger partial charge is 0.316 e. The maximum atomic E-state index is 12.0. The van der Waals surface area contributed by atoms with Crippen LogP contribution in [0.2, 0.25) is 0 Å². The molecule has 116 valence electrons. The Hall–Kier alpha value is -1.59. The van der Waals surface area contributed by atoms with E-state index < -0.39 is 29.3 Å². The summed E-state index contributed by atoms with van der Waals surface area (Å²) in [7, 11) is 0. The van der Waals surface area contributed by atoms with Crippen LogP contribution in [0, 0.1) is 17.3 Å². The Kier molecular flexibility index (Phi) is 6.68. The average molecular weight is 286 g/mol. The van der Waals surface area contributed by atoms with Crippen molar-refractivity contribution in [2.45, 2.75) is 47.6 Å². The first-order valence-electron chi connectivity index (χ1n) is 6.77. The fourth-order valence-corrected chi connectivity index (χ4v) is 1.70. The summed E-state index contributed by atoms with van der Waals surface area (Å²) in [6, 6.07) is -0.759. The van der Waals surface area contributed by atoms with Gasteiger partial charge in [0.05, 0.1) is 0 Å². The van der Waals surface area contributed by atoms with Gasteiger partial charge in [-0.25, -0.2) is 0 Å². The zero-order valence-electron chi connectivity index (χ0n) is 13.1. The van der Waals surface area contributed by atoms with Gasteiger partial charge in [-0.2, -0.15) is 0 Å². The molecule has 2 unspecified atom stereocenters. The Morgan fingerprint density at radius 3 is 1.90 bits per heavy atom. The summed E-state index contributed by atoms with van der Waals surface area (Å²) in [5, 5.41) is 14.3. The average Bonchev–Trinajstić information content (AvgIpc) is 2.22. The quantitative estimate of drug-likeness (QED) is 0.635. The normalized spacial score (nSPS) is 14.6. The second kappa shape index (κ2) is 7.26. The molecule has 0 rings (SSSR count). The third kappa shape index (κ3) is 6.04. The molecule has 0 bridgehead atoms. The highest BCUT2D eigenvalue weighted by Gasteiger charge is 2.38. The molecule has 0 aromatic carbocycles. The number of nitrogens with one attached hydrogen (secondary N) is 2. The molecule has 3 N–H and O–H groups in total. The zero-order chi connectivity index (χ0) is 16.1. The number of rotatable bonds is 6. The van der Waals surface area contributed by atoms with E-state index in [1.165, 1.54) is 6.92 Å². The minimum Gasteiger partial charge on any atom is -0.481 e. The fourth-order valence-electron chi connectivity index (χ4n) is 1.70. The molecule has 0 saturated carbocycles. The largest absolute Gasteiger partial charge is 0.481 e. The first-order valence-corrected chi connectivity index (χ1v) is 6.77. The van der Waals surface area contributed by atoms with Crippen molar-refractivity contribution >= 4 is 17.8 Å². The van der Waals surface area contributed by atoms with Crippen molar-refractivity contribution in [2.24, 2.45) is 17.3 Å². The van der Waals surface area contributed by atoms with E-state index in [-0.39, 0.29) is 5.91 Å². The van der Waals surface area contributed by atoms with Crippen LogP contribution in [0.25, 0.3) is 0 Å². The van der Waals surface area contributed by atoms with Gasteiger partial charge in [-0.15, -0.1) is 0 Å². The lowest BCUT2D eigenvalue weighted by atomic mass is 9.80. The zero-order valence-corrected chi connectivity index (χ0v) is 13.1. The van der Waals surface area contributed by atoms with Crippen molar-refractivity contribution in [3.8, 4) is 0 Å². The second-order valence-corrected chi connectivity index (χ2v) is 6.51. The van der Waals surface area contributed by atoms with E-state index in [0.29, 0.717) is 12.5 Å². The van der Waals surface area contributed by atoms with Gasteiger partial charge in [0.1, 0.15) is 12.0 Å². The molecule has 0 aromatic rings. The Labute approximate surface area is 120 Å². The van der Waals surface area contributed by atoms with Gasteiger partial charge in [-0.3, -0.25) is 14.4 Å². The molecule has 2 atom stereocenters. The van der Waals surface area contributed by atoms with Crippen LogP contribution in [-0.2, 0) is 14.4 Å². The van der Waals surface area contributed by atoms with Gasteiger partial charge in [0.25, 0.3) is 0 Å². The number of aliphatic carboxylic acids is 1. The molecule has 0 heterocycles. The molecule has 0 radical (unpaired) electrons. The highest BCUT2D eigenvalue weighted by molar-refractivity contribution is 5.99. The Morgan fingerprint density at radius 2 is 1.55 bits per heavy atom. The lowest BCUT2D eigenvalue weighted by molar-refractivity contribution is -0.152. The van der Waals surface area contributed by atoms with Crippen molar-refractivity contribution in [1.29, 1.82) is 0 Å². The molecule has 6 nitrogen and oxygen atoms in total. The summed E-state index contributed by atoms with van der Waals surface area (Å²) in [6.07, 6.45) is 0. The van der Waals surface area contributed by atoms with E-state index in [2.05, 4.69) is 10.6 Å². The SMILES string of the molecule is CC(C)CNC(=O)C(C)NC(=O)C(C(=O)O)C(C)(C)C. The maximum Gasteiger partial charge on any atom is 0.316 e. The van der Waals surface area contributed by atoms with Crippen molar-refractivity contribution in [3.63, 3.8) is 0 Å². The number of carboxylic acids is 1. The van der Waals surface area contributed by atoms with E-state index >= 15 is 0 Å². The van der Waals surface area contributed by atoms with Gasteiger partial charge in [0, 0.05) is 6.54 Å². The highest BCUT2D eigenvalue weighted by Crippen LogP contribution is 2.26. The lowest BCUT2D eigenvalue weighted by Crippen LogP contribution is -2.51. The second-order valence-electron chi connectivity index (χ2n) is 6.51. The lowest BCUT2D eigenvalue weighted by Gasteiger charge is -2.27. The van der Waals surface area contributed by atoms with Crippen LogP contribution in [0.3, 0.4) is 0 Å². The van der Waals surface area contributed by atoms with E-state index in [4.69, 9.17) is 5.11 Å². The number of carboxylic acid groups (broad SMARTS) is 1. The molecule has 0 aliphatic heterocycles. The van der Waals surface area contributed by atoms with Crippen LogP contribution < -0.4 is 10.6 Å². The van der Waals surface area contributed by atoms with Gasteiger partial charge in [0.15, 0.2) is 0 Å². The topological polar surface area (TPSA) is 95.5 Å². The van der Waals surface area contributed by atoms with Crippen molar-refractivity contribution in [1.82, 2.24) is 10.6 Å². The predicted octanol–water partition coefficient (Wildman–Crippen LogP) is 1.01. The van der Waals surface area contributed by atoms with E-state index in [1.807, 2.05) is 13.8 Å². The molecule has 6 heteroatoms. The Balaban J connectivity index is 4.65. The first kappa shape index (κ1) is 18.4. The van der Waals surface area contributed by atoms with Crippen LogP contribution >= 0.6 is 0 Å². The van der Waals surface area contributed by atoms with E-state index in [1.54, 1.807) is 20.8 Å². The van der Waals surface area contributed by atoms with Crippen LogP contribution in [0.5, 0.6) is 0 Å². The van der Waals surface area contributed by atoms with Gasteiger partial charge >= 0.3 is 5.97 Å². The Bertz CT molecular complexity index is 372. The van der Waals surface area contributed by atoms with Crippen molar-refractivity contribution < 1.29 is 19.5 Å². The minimum absolute atomic E-state index is 0.309. The standard InChI is InChI=1S/C14H26N2O4/c1-8(2)7-15-11(17)9(3)16-12(18)10(13(19)20)14(4,5)6/h8-10H,7H2,1-6H3,(H,15,17)(H,16,18)(H,19,20). The van der Waals surface area contributed by atoms with Crippen LogP contribution in [-0.4, -0.2) is 35.5 Å². The molecule has 2 amide bonds. The summed E-state index contributed by atoms with van der Waals surface area (Å²) < 4.78 is 0. The summed E-state index contributed by atoms with van der Waals surface area (Å²) >= 11 is 0. The monoisotopic (exact) mass is 286 g/mol. The maximum absolute atomic E-state index is 12.0. The molecule has 0 aliphatic rings. The molecule has 20 heavy (non-hydrogen) atoms. The van der Waals surface area contributed by atoms with Crippen LogP contribution in [0.1, 0.15) is 41.5 Å². The summed E-state index contributed by atoms with van der Waals surface area (Å²) in [6.45, 7) is 11.0. The number of hydrogen-bond acceptors (Lipinski definition) is 3. The number of carbonyl (C=O) groups is 3. The van der Waals surface area contributed by atoms with E-state index in [0.717, 1.165) is 0 Å². The van der Waals surface area contributed by atoms with Gasteiger partial charge in [-0.05, 0) is 18.3 Å². The molecular formula is C14H26N2O4. The third-order valence-electron chi connectivity index (χ3n) is 2.81. The Morgan fingerprint density at radius 1 is 1.05 bits per heavy atom. The fraction of sp³-hybridized carbons (Fsp3) is 0.786. The molecule has 0 aromatic heterocycles. The number of amides is 2. The molecule has 0 saturated heterocycles. The summed E-state index contributed by atoms with van der Waals surface area (Å²) in [5.74, 6) is -3.03. The summed E-state index contributed by atoms with van der Waals surface area (Å²) in [4.78, 5) is 35.0. The van der Waals surface area contributed by atoms with E-state index in [9.17, 15) is 14.4 Å². The van der Waals surface area contributed by atoms with Crippen molar-refractivity contribution in [2.75, 3.05) is 6.54 Å².